The molecule has 88 valence electrons. The number of nitrogens with zero attached hydrogens (tertiary/aromatic N) is 1. The lowest BCUT2D eigenvalue weighted by Gasteiger charge is -2.09. The number of carbonyl (C=O) groups is 1. The van der Waals surface area contributed by atoms with E-state index in [0.717, 1.165) is 13.0 Å². The minimum atomic E-state index is -1.02. The van der Waals surface area contributed by atoms with Crippen molar-refractivity contribution in [2.24, 2.45) is 5.92 Å². The first-order chi connectivity index (χ1) is 7.50. The zero-order valence-electron chi connectivity index (χ0n) is 9.53. The monoisotopic (exact) mass is 223 g/mol. The van der Waals surface area contributed by atoms with Crippen LogP contribution in [0.25, 0.3) is 0 Å². The Balaban J connectivity index is 2.64. The Hall–Kier alpha value is -1.78. The summed E-state index contributed by atoms with van der Waals surface area (Å²) in [5.74, 6) is 0.130. The summed E-state index contributed by atoms with van der Waals surface area (Å²) in [6.45, 7) is 5.04. The SMILES string of the molecule is CC(C)CCNc1ncc(C(=O)O)cc1N. The van der Waals surface area contributed by atoms with E-state index in [1.54, 1.807) is 0 Å². The van der Waals surface area contributed by atoms with Crippen LogP contribution in [0.5, 0.6) is 0 Å². The van der Waals surface area contributed by atoms with E-state index in [4.69, 9.17) is 10.8 Å². The Morgan fingerprint density at radius 3 is 2.81 bits per heavy atom. The summed E-state index contributed by atoms with van der Waals surface area (Å²) in [6, 6.07) is 1.41. The summed E-state index contributed by atoms with van der Waals surface area (Å²) in [6.07, 6.45) is 2.32. The van der Waals surface area contributed by atoms with E-state index in [1.807, 2.05) is 0 Å². The summed E-state index contributed by atoms with van der Waals surface area (Å²) in [7, 11) is 0. The van der Waals surface area contributed by atoms with Crippen LogP contribution in [0.3, 0.4) is 0 Å². The molecule has 5 nitrogen and oxygen atoms in total. The highest BCUT2D eigenvalue weighted by molar-refractivity contribution is 5.89. The lowest BCUT2D eigenvalue weighted by atomic mass is 10.1. The molecule has 0 aliphatic carbocycles. The van der Waals surface area contributed by atoms with Crippen LogP contribution < -0.4 is 11.1 Å². The topological polar surface area (TPSA) is 88.2 Å². The van der Waals surface area contributed by atoms with Crippen LogP contribution >= 0.6 is 0 Å². The third kappa shape index (κ3) is 3.42. The molecule has 1 aromatic rings. The van der Waals surface area contributed by atoms with Crippen molar-refractivity contribution < 1.29 is 9.90 Å². The van der Waals surface area contributed by atoms with Crippen LogP contribution in [0, 0.1) is 5.92 Å². The van der Waals surface area contributed by atoms with E-state index in [2.05, 4.69) is 24.1 Å². The van der Waals surface area contributed by atoms with Gasteiger partial charge in [-0.3, -0.25) is 0 Å². The molecule has 4 N–H and O–H groups in total. The van der Waals surface area contributed by atoms with Gasteiger partial charge < -0.3 is 16.2 Å². The molecule has 1 heterocycles. The largest absolute Gasteiger partial charge is 0.478 e. The Labute approximate surface area is 94.7 Å². The molecule has 0 radical (unpaired) electrons. The number of anilines is 2. The summed E-state index contributed by atoms with van der Waals surface area (Å²) < 4.78 is 0. The van der Waals surface area contributed by atoms with Crippen molar-refractivity contribution in [1.82, 2.24) is 4.98 Å². The second kappa shape index (κ2) is 5.34. The van der Waals surface area contributed by atoms with Gasteiger partial charge in [-0.25, -0.2) is 9.78 Å². The molecule has 16 heavy (non-hydrogen) atoms. The number of aromatic carboxylic acids is 1. The number of carboxylic acids is 1. The minimum absolute atomic E-state index is 0.104. The van der Waals surface area contributed by atoms with Gasteiger partial charge in [0.15, 0.2) is 0 Å². The summed E-state index contributed by atoms with van der Waals surface area (Å²) >= 11 is 0. The number of hydrogen-bond acceptors (Lipinski definition) is 4. The molecule has 0 bridgehead atoms. The van der Waals surface area contributed by atoms with Gasteiger partial charge in [-0.2, -0.15) is 0 Å². The Morgan fingerprint density at radius 1 is 1.62 bits per heavy atom. The first-order valence-corrected chi connectivity index (χ1v) is 5.23. The molecule has 0 spiro atoms. The van der Waals surface area contributed by atoms with Crippen LogP contribution in [0.4, 0.5) is 11.5 Å². The van der Waals surface area contributed by atoms with Crippen molar-refractivity contribution in [1.29, 1.82) is 0 Å². The standard InChI is InChI=1S/C11H17N3O2/c1-7(2)3-4-13-10-9(12)5-8(6-14-10)11(15)16/h5-7H,3-4,12H2,1-2H3,(H,13,14)(H,15,16). The minimum Gasteiger partial charge on any atom is -0.478 e. The molecular weight excluding hydrogens is 206 g/mol. The molecule has 0 aliphatic heterocycles. The maximum Gasteiger partial charge on any atom is 0.337 e. The molecule has 0 amide bonds. The molecule has 0 aromatic carbocycles. The van der Waals surface area contributed by atoms with Crippen LogP contribution in [-0.4, -0.2) is 22.6 Å². The molecule has 0 fully saturated rings. The van der Waals surface area contributed by atoms with Crippen molar-refractivity contribution in [2.75, 3.05) is 17.6 Å². The fourth-order valence-electron chi connectivity index (χ4n) is 1.23. The maximum atomic E-state index is 10.7. The molecule has 0 unspecified atom stereocenters. The number of pyridine rings is 1. The normalized spacial score (nSPS) is 10.4. The van der Waals surface area contributed by atoms with Crippen molar-refractivity contribution in [3.63, 3.8) is 0 Å². The van der Waals surface area contributed by atoms with Crippen molar-refractivity contribution in [2.45, 2.75) is 20.3 Å². The lowest BCUT2D eigenvalue weighted by Crippen LogP contribution is -2.09. The number of nitrogen functional groups attached to an aromatic ring is 1. The van der Waals surface area contributed by atoms with Crippen molar-refractivity contribution >= 4 is 17.5 Å². The third-order valence-corrected chi connectivity index (χ3v) is 2.18. The quantitative estimate of drug-likeness (QED) is 0.708. The fraction of sp³-hybridized carbons (Fsp3) is 0.455. The summed E-state index contributed by atoms with van der Waals surface area (Å²) in [5.41, 5.74) is 6.16. The van der Waals surface area contributed by atoms with E-state index >= 15 is 0 Å². The van der Waals surface area contributed by atoms with Gasteiger partial charge in [-0.1, -0.05) is 13.8 Å². The van der Waals surface area contributed by atoms with Crippen LogP contribution in [0.1, 0.15) is 30.6 Å². The van der Waals surface area contributed by atoms with Crippen LogP contribution in [-0.2, 0) is 0 Å². The molecule has 5 heteroatoms. The molecule has 1 rings (SSSR count). The Morgan fingerprint density at radius 2 is 2.31 bits per heavy atom. The van der Waals surface area contributed by atoms with Gasteiger partial charge in [0.2, 0.25) is 0 Å². The zero-order valence-corrected chi connectivity index (χ0v) is 9.53. The summed E-state index contributed by atoms with van der Waals surface area (Å²) in [4.78, 5) is 14.6. The van der Waals surface area contributed by atoms with Crippen molar-refractivity contribution in [3.8, 4) is 0 Å². The van der Waals surface area contributed by atoms with E-state index < -0.39 is 5.97 Å². The van der Waals surface area contributed by atoms with E-state index in [1.165, 1.54) is 12.3 Å². The van der Waals surface area contributed by atoms with Crippen molar-refractivity contribution in [3.05, 3.63) is 17.8 Å². The fourth-order valence-corrected chi connectivity index (χ4v) is 1.23. The first-order valence-electron chi connectivity index (χ1n) is 5.23. The number of aromatic nitrogens is 1. The van der Waals surface area contributed by atoms with Gasteiger partial charge in [0, 0.05) is 12.7 Å². The molecule has 1 aromatic heterocycles. The molecular formula is C11H17N3O2. The highest BCUT2D eigenvalue weighted by atomic mass is 16.4. The third-order valence-electron chi connectivity index (χ3n) is 2.18. The number of rotatable bonds is 5. The van der Waals surface area contributed by atoms with E-state index in [-0.39, 0.29) is 5.56 Å². The predicted octanol–water partition coefficient (Wildman–Crippen LogP) is 1.82. The zero-order chi connectivity index (χ0) is 12.1. The summed E-state index contributed by atoms with van der Waals surface area (Å²) in [5, 5.41) is 11.8. The van der Waals surface area contributed by atoms with E-state index in [0.29, 0.717) is 17.4 Å². The predicted molar refractivity (Wildman–Crippen MR) is 63.6 cm³/mol. The highest BCUT2D eigenvalue weighted by Gasteiger charge is 2.07. The number of nitrogens with two attached hydrogens (primary N) is 1. The first kappa shape index (κ1) is 12.3. The Bertz CT molecular complexity index is 377. The average molecular weight is 223 g/mol. The van der Waals surface area contributed by atoms with Gasteiger partial charge in [0.05, 0.1) is 11.3 Å². The van der Waals surface area contributed by atoms with Gasteiger partial charge >= 0.3 is 5.97 Å². The average Bonchev–Trinajstić information content (AvgIpc) is 2.19. The second-order valence-corrected chi connectivity index (χ2v) is 4.08. The van der Waals surface area contributed by atoms with Crippen LogP contribution in [0.15, 0.2) is 12.3 Å². The van der Waals surface area contributed by atoms with Crippen LogP contribution in [0.2, 0.25) is 0 Å². The van der Waals surface area contributed by atoms with Gasteiger partial charge in [-0.05, 0) is 18.4 Å². The number of nitrogens with one attached hydrogen (secondary N) is 1. The number of hydrogen-bond donors (Lipinski definition) is 3. The molecule has 0 aliphatic rings. The smallest absolute Gasteiger partial charge is 0.337 e. The molecule has 0 saturated heterocycles. The Kier molecular flexibility index (Phi) is 4.10. The maximum absolute atomic E-state index is 10.7. The second-order valence-electron chi connectivity index (χ2n) is 4.08. The number of carboxylic acid groups (broad SMARTS) is 1. The lowest BCUT2D eigenvalue weighted by molar-refractivity contribution is 0.0696. The van der Waals surface area contributed by atoms with Gasteiger partial charge in [0.25, 0.3) is 0 Å². The molecule has 0 atom stereocenters. The molecule has 0 saturated carbocycles. The highest BCUT2D eigenvalue weighted by Crippen LogP contribution is 2.16. The van der Waals surface area contributed by atoms with Gasteiger partial charge in [-0.15, -0.1) is 0 Å². The van der Waals surface area contributed by atoms with E-state index in [9.17, 15) is 4.79 Å². The van der Waals surface area contributed by atoms with Gasteiger partial charge in [0.1, 0.15) is 5.82 Å².